The largest absolute Gasteiger partial charge is 0.508 e. The predicted octanol–water partition coefficient (Wildman–Crippen LogP) is 5.47. The van der Waals surface area contributed by atoms with Crippen molar-refractivity contribution in [2.45, 2.75) is 78.2 Å². The Morgan fingerprint density at radius 3 is 2.30 bits per heavy atom. The maximum absolute atomic E-state index is 10.00. The number of hydrogen-bond acceptors (Lipinski definition) is 2. The Bertz CT molecular complexity index is 372. The SMILES string of the molecule is CCCCCCCCCc1c(O)cccc1OC(C)C. The molecule has 0 aliphatic heterocycles. The summed E-state index contributed by atoms with van der Waals surface area (Å²) in [5.74, 6) is 1.21. The monoisotopic (exact) mass is 278 g/mol. The van der Waals surface area contributed by atoms with Crippen LogP contribution in [-0.4, -0.2) is 11.2 Å². The molecule has 0 heterocycles. The van der Waals surface area contributed by atoms with Gasteiger partial charge in [-0.15, -0.1) is 0 Å². The second-order valence-corrected chi connectivity index (χ2v) is 5.79. The molecule has 0 aliphatic carbocycles. The zero-order valence-electron chi connectivity index (χ0n) is 13.3. The molecule has 1 rings (SSSR count). The Labute approximate surface area is 124 Å². The van der Waals surface area contributed by atoms with Crippen LogP contribution in [0, 0.1) is 0 Å². The van der Waals surface area contributed by atoms with Gasteiger partial charge in [-0.05, 0) is 38.8 Å². The zero-order chi connectivity index (χ0) is 14.8. The van der Waals surface area contributed by atoms with Gasteiger partial charge in [-0.2, -0.15) is 0 Å². The molecule has 1 aromatic carbocycles. The first-order valence-corrected chi connectivity index (χ1v) is 8.12. The van der Waals surface area contributed by atoms with Gasteiger partial charge in [0.2, 0.25) is 0 Å². The topological polar surface area (TPSA) is 29.5 Å². The van der Waals surface area contributed by atoms with E-state index in [0.717, 1.165) is 24.2 Å². The van der Waals surface area contributed by atoms with Crippen molar-refractivity contribution in [3.63, 3.8) is 0 Å². The van der Waals surface area contributed by atoms with Crippen LogP contribution in [0.1, 0.15) is 71.3 Å². The van der Waals surface area contributed by atoms with Gasteiger partial charge in [0.25, 0.3) is 0 Å². The van der Waals surface area contributed by atoms with Crippen LogP contribution in [0.5, 0.6) is 11.5 Å². The first-order valence-electron chi connectivity index (χ1n) is 8.12. The van der Waals surface area contributed by atoms with Crippen molar-refractivity contribution >= 4 is 0 Å². The fraction of sp³-hybridized carbons (Fsp3) is 0.667. The van der Waals surface area contributed by atoms with E-state index in [9.17, 15) is 5.11 Å². The van der Waals surface area contributed by atoms with Gasteiger partial charge >= 0.3 is 0 Å². The average Bonchev–Trinajstić information content (AvgIpc) is 2.40. The van der Waals surface area contributed by atoms with Gasteiger partial charge in [-0.25, -0.2) is 0 Å². The minimum atomic E-state index is 0.143. The van der Waals surface area contributed by atoms with Crippen LogP contribution in [0.3, 0.4) is 0 Å². The normalized spacial score (nSPS) is 11.0. The van der Waals surface area contributed by atoms with E-state index in [1.54, 1.807) is 6.07 Å². The molecule has 20 heavy (non-hydrogen) atoms. The highest BCUT2D eigenvalue weighted by molar-refractivity contribution is 5.44. The summed E-state index contributed by atoms with van der Waals surface area (Å²) in [5, 5.41) is 10.00. The molecule has 0 spiro atoms. The minimum Gasteiger partial charge on any atom is -0.508 e. The molecule has 0 saturated carbocycles. The Morgan fingerprint density at radius 2 is 1.65 bits per heavy atom. The van der Waals surface area contributed by atoms with Gasteiger partial charge in [-0.1, -0.05) is 51.5 Å². The van der Waals surface area contributed by atoms with Gasteiger partial charge in [-0.3, -0.25) is 0 Å². The lowest BCUT2D eigenvalue weighted by Gasteiger charge is -2.15. The first kappa shape index (κ1) is 16.9. The van der Waals surface area contributed by atoms with Gasteiger partial charge in [0, 0.05) is 5.56 Å². The van der Waals surface area contributed by atoms with Gasteiger partial charge in [0.15, 0.2) is 0 Å². The number of phenolic OH excluding ortho intramolecular Hbond substituents is 1. The molecule has 1 aromatic rings. The standard InChI is InChI=1S/C18H30O2/c1-4-5-6-7-8-9-10-12-16-17(19)13-11-14-18(16)20-15(2)3/h11,13-15,19H,4-10,12H2,1-3H3. The summed E-state index contributed by atoms with van der Waals surface area (Å²) in [5.41, 5.74) is 0.967. The summed E-state index contributed by atoms with van der Waals surface area (Å²) in [7, 11) is 0. The third kappa shape index (κ3) is 6.31. The Balaban J connectivity index is 2.38. The molecule has 2 heteroatoms. The van der Waals surface area contributed by atoms with E-state index in [4.69, 9.17) is 4.74 Å². The lowest BCUT2D eigenvalue weighted by molar-refractivity contribution is 0.238. The molecule has 0 saturated heterocycles. The van der Waals surface area contributed by atoms with Crippen LogP contribution in [0.4, 0.5) is 0 Å². The van der Waals surface area contributed by atoms with E-state index in [-0.39, 0.29) is 6.10 Å². The zero-order valence-corrected chi connectivity index (χ0v) is 13.3. The highest BCUT2D eigenvalue weighted by Crippen LogP contribution is 2.30. The van der Waals surface area contributed by atoms with Crippen LogP contribution in [0.15, 0.2) is 18.2 Å². The molecule has 0 aromatic heterocycles. The van der Waals surface area contributed by atoms with E-state index in [2.05, 4.69) is 6.92 Å². The number of ether oxygens (including phenoxy) is 1. The minimum absolute atomic E-state index is 0.143. The lowest BCUT2D eigenvalue weighted by Crippen LogP contribution is -2.07. The number of aromatic hydroxyl groups is 1. The van der Waals surface area contributed by atoms with Crippen LogP contribution < -0.4 is 4.74 Å². The van der Waals surface area contributed by atoms with E-state index >= 15 is 0 Å². The fourth-order valence-corrected chi connectivity index (χ4v) is 2.43. The highest BCUT2D eigenvalue weighted by Gasteiger charge is 2.09. The summed E-state index contributed by atoms with van der Waals surface area (Å²) in [6.07, 6.45) is 10.1. The van der Waals surface area contributed by atoms with Crippen LogP contribution >= 0.6 is 0 Å². The molecular formula is C18H30O2. The number of unbranched alkanes of at least 4 members (excludes halogenated alkanes) is 6. The quantitative estimate of drug-likeness (QED) is 0.575. The van der Waals surface area contributed by atoms with E-state index < -0.39 is 0 Å². The molecule has 0 atom stereocenters. The van der Waals surface area contributed by atoms with Crippen molar-refractivity contribution in [3.05, 3.63) is 23.8 Å². The number of benzene rings is 1. The van der Waals surface area contributed by atoms with Crippen molar-refractivity contribution in [1.29, 1.82) is 0 Å². The van der Waals surface area contributed by atoms with Crippen molar-refractivity contribution in [1.82, 2.24) is 0 Å². The molecule has 2 nitrogen and oxygen atoms in total. The summed E-state index contributed by atoms with van der Waals surface area (Å²) >= 11 is 0. The highest BCUT2D eigenvalue weighted by atomic mass is 16.5. The van der Waals surface area contributed by atoms with Crippen LogP contribution in [0.2, 0.25) is 0 Å². The lowest BCUT2D eigenvalue weighted by atomic mass is 10.0. The first-order chi connectivity index (χ1) is 9.65. The summed E-state index contributed by atoms with van der Waals surface area (Å²) in [6.45, 7) is 6.28. The fourth-order valence-electron chi connectivity index (χ4n) is 2.43. The predicted molar refractivity (Wildman–Crippen MR) is 85.6 cm³/mol. The number of rotatable bonds is 10. The Morgan fingerprint density at radius 1 is 1.00 bits per heavy atom. The van der Waals surface area contributed by atoms with Crippen LogP contribution in [0.25, 0.3) is 0 Å². The van der Waals surface area contributed by atoms with E-state index in [1.165, 1.54) is 38.5 Å². The molecule has 0 radical (unpaired) electrons. The summed E-state index contributed by atoms with van der Waals surface area (Å²) < 4.78 is 5.78. The van der Waals surface area contributed by atoms with Crippen molar-refractivity contribution in [3.8, 4) is 11.5 Å². The van der Waals surface area contributed by atoms with Gasteiger partial charge in [0.05, 0.1) is 6.10 Å². The Kier molecular flexibility index (Phi) is 8.17. The third-order valence-corrected chi connectivity index (χ3v) is 3.50. The van der Waals surface area contributed by atoms with E-state index in [0.29, 0.717) is 5.75 Å². The number of phenols is 1. The summed E-state index contributed by atoms with van der Waals surface area (Å²) in [4.78, 5) is 0. The van der Waals surface area contributed by atoms with Gasteiger partial charge in [0.1, 0.15) is 11.5 Å². The molecule has 0 aliphatic rings. The van der Waals surface area contributed by atoms with E-state index in [1.807, 2.05) is 26.0 Å². The average molecular weight is 278 g/mol. The molecule has 0 bridgehead atoms. The molecular weight excluding hydrogens is 248 g/mol. The second-order valence-electron chi connectivity index (χ2n) is 5.79. The van der Waals surface area contributed by atoms with Crippen molar-refractivity contribution in [2.75, 3.05) is 0 Å². The Hall–Kier alpha value is -1.18. The second kappa shape index (κ2) is 9.68. The summed E-state index contributed by atoms with van der Waals surface area (Å²) in [6, 6.07) is 5.56. The van der Waals surface area contributed by atoms with Crippen molar-refractivity contribution in [2.24, 2.45) is 0 Å². The molecule has 114 valence electrons. The third-order valence-electron chi connectivity index (χ3n) is 3.50. The van der Waals surface area contributed by atoms with Crippen molar-refractivity contribution < 1.29 is 9.84 Å². The molecule has 1 N–H and O–H groups in total. The maximum atomic E-state index is 10.00. The maximum Gasteiger partial charge on any atom is 0.126 e. The van der Waals surface area contributed by atoms with Crippen LogP contribution in [-0.2, 0) is 6.42 Å². The smallest absolute Gasteiger partial charge is 0.126 e. The molecule has 0 fully saturated rings. The molecule has 0 unspecified atom stereocenters. The number of hydrogen-bond donors (Lipinski definition) is 1. The molecule has 0 amide bonds. The van der Waals surface area contributed by atoms with Gasteiger partial charge < -0.3 is 9.84 Å².